The van der Waals surface area contributed by atoms with Gasteiger partial charge in [-0.05, 0) is 30.3 Å². The summed E-state index contributed by atoms with van der Waals surface area (Å²) in [5, 5.41) is 7.81. The maximum Gasteiger partial charge on any atom is 0.221 e. The summed E-state index contributed by atoms with van der Waals surface area (Å²) in [5.74, 6) is 0.692. The van der Waals surface area contributed by atoms with E-state index in [0.717, 1.165) is 21.4 Å². The Balaban J connectivity index is 1.87. The third kappa shape index (κ3) is 2.36. The predicted octanol–water partition coefficient (Wildman–Crippen LogP) is 2.63. The molecule has 1 aliphatic heterocycles. The Bertz CT molecular complexity index is 964. The van der Waals surface area contributed by atoms with E-state index in [-0.39, 0.29) is 0 Å². The summed E-state index contributed by atoms with van der Waals surface area (Å²) in [6.45, 7) is 2.74. The molecule has 7 nitrogen and oxygen atoms in total. The highest BCUT2D eigenvalue weighted by Crippen LogP contribution is 2.26. The molecule has 1 aromatic carbocycles. The third-order valence-corrected chi connectivity index (χ3v) is 3.82. The topological polar surface area (TPSA) is 76.8 Å². The number of para-hydroxylation sites is 2. The van der Waals surface area contributed by atoms with Gasteiger partial charge in [0, 0.05) is 21.3 Å². The van der Waals surface area contributed by atoms with Crippen LogP contribution >= 0.6 is 0 Å². The highest BCUT2D eigenvalue weighted by molar-refractivity contribution is 5.80. The number of hydrogen-bond donors (Lipinski definition) is 0. The summed E-state index contributed by atoms with van der Waals surface area (Å²) in [5.41, 5.74) is 4.16. The first-order valence-electron chi connectivity index (χ1n) is 7.27. The maximum atomic E-state index is 11.6. The van der Waals surface area contributed by atoms with Crippen molar-refractivity contribution in [2.24, 2.45) is 0 Å². The Hall–Kier alpha value is -3.09. The Morgan fingerprint density at radius 2 is 2.17 bits per heavy atom. The van der Waals surface area contributed by atoms with Crippen molar-refractivity contribution in [2.45, 2.75) is 13.5 Å². The first-order valence-corrected chi connectivity index (χ1v) is 7.27. The predicted molar refractivity (Wildman–Crippen MR) is 83.5 cm³/mol. The Kier molecular flexibility index (Phi) is 3.11. The fraction of sp³-hybridized carbons (Fsp3) is 0.188. The van der Waals surface area contributed by atoms with Crippen molar-refractivity contribution in [3.8, 4) is 11.5 Å². The summed E-state index contributed by atoms with van der Waals surface area (Å²) < 4.78 is 7.78. The second kappa shape index (κ2) is 5.28. The van der Waals surface area contributed by atoms with Crippen molar-refractivity contribution in [3.63, 3.8) is 0 Å². The van der Waals surface area contributed by atoms with E-state index in [0.29, 0.717) is 30.3 Å². The van der Waals surface area contributed by atoms with Crippen LogP contribution in [0.5, 0.6) is 0 Å². The van der Waals surface area contributed by atoms with Crippen LogP contribution < -0.4 is 0 Å². The quantitative estimate of drug-likeness (QED) is 0.695. The molecule has 0 aliphatic carbocycles. The molecule has 0 N–H and O–H groups in total. The molecule has 1 aliphatic rings. The van der Waals surface area contributed by atoms with Gasteiger partial charge in [0.05, 0.1) is 17.6 Å². The van der Waals surface area contributed by atoms with Gasteiger partial charge in [0.15, 0.2) is 11.5 Å². The zero-order valence-electron chi connectivity index (χ0n) is 12.5. The van der Waals surface area contributed by atoms with Gasteiger partial charge in [-0.15, -0.1) is 0 Å². The lowest BCUT2D eigenvalue weighted by molar-refractivity contribution is -0.471. The number of fused-ring (bicyclic) bond motifs is 1. The molecule has 0 atom stereocenters. The normalized spacial score (nSPS) is 14.5. The molecule has 0 saturated carbocycles. The molecule has 0 radical (unpaired) electrons. The molecule has 114 valence electrons. The minimum Gasteiger partial charge on any atom is -0.318 e. The van der Waals surface area contributed by atoms with Gasteiger partial charge in [0.25, 0.3) is 0 Å². The summed E-state index contributed by atoms with van der Waals surface area (Å²) in [6.07, 6.45) is 5.23. The lowest BCUT2D eigenvalue weighted by Crippen LogP contribution is -2.14. The number of aromatic nitrogens is 4. The van der Waals surface area contributed by atoms with Crippen LogP contribution in [0.2, 0.25) is 0 Å². The molecule has 2 aromatic heterocycles. The van der Waals surface area contributed by atoms with Crippen molar-refractivity contribution in [2.75, 3.05) is 6.54 Å². The number of nitrogens with zero attached hydrogens (tertiary/aromatic N) is 5. The van der Waals surface area contributed by atoms with E-state index in [1.165, 1.54) is 6.20 Å². The van der Waals surface area contributed by atoms with E-state index < -0.39 is 0 Å². The molecule has 23 heavy (non-hydrogen) atoms. The standard InChI is InChI=1S/C16H14N5O2/c1-11-15(19-23-18-11)16-17-13-6-2-3-7-14(13)21(16)10-12-5-4-8-20(22)9-12/h2-8H,9-10H2,1H3/q+1. The molecule has 0 unspecified atom stereocenters. The summed E-state index contributed by atoms with van der Waals surface area (Å²) in [7, 11) is 0. The van der Waals surface area contributed by atoms with E-state index in [2.05, 4.69) is 15.3 Å². The van der Waals surface area contributed by atoms with E-state index in [9.17, 15) is 4.91 Å². The van der Waals surface area contributed by atoms with Crippen molar-refractivity contribution >= 4 is 11.0 Å². The first-order chi connectivity index (χ1) is 11.2. The lowest BCUT2D eigenvalue weighted by Gasteiger charge is -2.09. The molecule has 0 fully saturated rings. The maximum absolute atomic E-state index is 11.6. The molecule has 0 saturated heterocycles. The van der Waals surface area contributed by atoms with Crippen molar-refractivity contribution in [1.29, 1.82) is 0 Å². The van der Waals surface area contributed by atoms with Gasteiger partial charge in [0.2, 0.25) is 12.7 Å². The first kappa shape index (κ1) is 13.6. The minimum absolute atomic E-state index is 0.346. The number of benzene rings is 1. The second-order valence-electron chi connectivity index (χ2n) is 5.45. The molecule has 7 heteroatoms. The summed E-state index contributed by atoms with van der Waals surface area (Å²) in [4.78, 5) is 16.2. The average molecular weight is 308 g/mol. The Morgan fingerprint density at radius 3 is 2.96 bits per heavy atom. The van der Waals surface area contributed by atoms with Gasteiger partial charge in [-0.3, -0.25) is 0 Å². The fourth-order valence-electron chi connectivity index (χ4n) is 2.74. The Morgan fingerprint density at radius 1 is 1.30 bits per heavy atom. The smallest absolute Gasteiger partial charge is 0.221 e. The van der Waals surface area contributed by atoms with Gasteiger partial charge in [0.1, 0.15) is 5.69 Å². The number of hydrogen-bond acceptors (Lipinski definition) is 5. The van der Waals surface area contributed by atoms with Gasteiger partial charge in [-0.25, -0.2) is 9.61 Å². The van der Waals surface area contributed by atoms with Gasteiger partial charge in [-0.2, -0.15) is 0 Å². The number of nitroso groups, excluding NO2 is 1. The molecular formula is C16H14N5O2+. The zero-order valence-corrected chi connectivity index (χ0v) is 12.5. The number of aryl methyl sites for hydroxylation is 1. The van der Waals surface area contributed by atoms with Crippen molar-refractivity contribution in [3.05, 3.63) is 58.8 Å². The summed E-state index contributed by atoms with van der Waals surface area (Å²) in [6, 6.07) is 7.86. The van der Waals surface area contributed by atoms with Crippen LogP contribution in [-0.4, -0.2) is 31.2 Å². The van der Waals surface area contributed by atoms with Crippen LogP contribution in [0, 0.1) is 11.8 Å². The van der Waals surface area contributed by atoms with E-state index in [4.69, 9.17) is 4.63 Å². The molecule has 0 bridgehead atoms. The molecule has 0 spiro atoms. The van der Waals surface area contributed by atoms with E-state index in [1.54, 1.807) is 6.08 Å². The SMILES string of the molecule is Cc1nonc1-c1nc2ccccc2n1CC1=CC=C[N+](=O)C1. The van der Waals surface area contributed by atoms with Crippen LogP contribution in [0.15, 0.2) is 52.8 Å². The average Bonchev–Trinajstić information content (AvgIpc) is 3.11. The molecular weight excluding hydrogens is 294 g/mol. The van der Waals surface area contributed by atoms with Crippen molar-refractivity contribution in [1.82, 2.24) is 19.9 Å². The van der Waals surface area contributed by atoms with Crippen LogP contribution in [0.1, 0.15) is 5.69 Å². The highest BCUT2D eigenvalue weighted by Gasteiger charge is 2.21. The van der Waals surface area contributed by atoms with Crippen LogP contribution in [0.25, 0.3) is 22.6 Å². The summed E-state index contributed by atoms with van der Waals surface area (Å²) >= 11 is 0. The highest BCUT2D eigenvalue weighted by atomic mass is 16.6. The molecule has 0 amide bonds. The minimum atomic E-state index is 0.346. The third-order valence-electron chi connectivity index (χ3n) is 3.82. The second-order valence-corrected chi connectivity index (χ2v) is 5.45. The van der Waals surface area contributed by atoms with E-state index >= 15 is 0 Å². The van der Waals surface area contributed by atoms with Gasteiger partial charge in [-0.1, -0.05) is 17.3 Å². The Labute approximate surface area is 131 Å². The van der Waals surface area contributed by atoms with Crippen molar-refractivity contribution < 1.29 is 9.39 Å². The number of rotatable bonds is 3. The number of allylic oxidation sites excluding steroid dienone is 2. The van der Waals surface area contributed by atoms with Gasteiger partial charge < -0.3 is 4.57 Å². The zero-order chi connectivity index (χ0) is 15.8. The molecule has 4 rings (SSSR count). The van der Waals surface area contributed by atoms with Crippen LogP contribution in [0.4, 0.5) is 0 Å². The van der Waals surface area contributed by atoms with Crippen LogP contribution in [0.3, 0.4) is 0 Å². The molecule has 3 aromatic rings. The van der Waals surface area contributed by atoms with E-state index in [1.807, 2.05) is 41.8 Å². The number of imidazole rings is 1. The monoisotopic (exact) mass is 308 g/mol. The largest absolute Gasteiger partial charge is 0.318 e. The fourth-order valence-corrected chi connectivity index (χ4v) is 2.74. The van der Waals surface area contributed by atoms with Gasteiger partial charge >= 0.3 is 0 Å². The van der Waals surface area contributed by atoms with Crippen LogP contribution in [-0.2, 0) is 6.54 Å². The lowest BCUT2D eigenvalue weighted by atomic mass is 10.2. The molecule has 3 heterocycles.